The van der Waals surface area contributed by atoms with Gasteiger partial charge in [-0.3, -0.25) is 4.79 Å². The summed E-state index contributed by atoms with van der Waals surface area (Å²) in [6.07, 6.45) is 0.971. The van der Waals surface area contributed by atoms with E-state index in [9.17, 15) is 4.79 Å². The van der Waals surface area contributed by atoms with Crippen molar-refractivity contribution in [3.8, 4) is 0 Å². The van der Waals surface area contributed by atoms with E-state index in [1.54, 1.807) is 6.92 Å². The molecule has 0 aliphatic carbocycles. The summed E-state index contributed by atoms with van der Waals surface area (Å²) in [6, 6.07) is 0.176. The number of nitrogens with two attached hydrogens (primary N) is 1. The molecule has 0 aliphatic heterocycles. The Labute approximate surface area is 100 Å². The molecule has 16 heavy (non-hydrogen) atoms. The predicted molar refractivity (Wildman–Crippen MR) is 67.6 cm³/mol. The highest BCUT2D eigenvalue weighted by Gasteiger charge is 2.16. The zero-order valence-electron chi connectivity index (χ0n) is 10.2. The molecule has 1 amide bonds. The molecule has 1 unspecified atom stereocenters. The van der Waals surface area contributed by atoms with Gasteiger partial charge in [0, 0.05) is 6.04 Å². The molecule has 1 aromatic rings. The fourth-order valence-electron chi connectivity index (χ4n) is 1.68. The lowest BCUT2D eigenvalue weighted by atomic mass is 10.1. The molecule has 1 heterocycles. The van der Waals surface area contributed by atoms with Crippen LogP contribution in [-0.4, -0.2) is 16.9 Å². The molecule has 0 radical (unpaired) electrons. The second kappa shape index (κ2) is 5.30. The van der Waals surface area contributed by atoms with Crippen LogP contribution in [0.4, 0.5) is 5.13 Å². The molecule has 1 atom stereocenters. The topological polar surface area (TPSA) is 68.0 Å². The molecule has 1 rings (SSSR count). The second-order valence-corrected chi connectivity index (χ2v) is 5.50. The number of nitrogens with zero attached hydrogens (tertiary/aromatic N) is 1. The smallest absolute Gasteiger partial charge is 0.263 e. The lowest BCUT2D eigenvalue weighted by Crippen LogP contribution is -2.33. The maximum absolute atomic E-state index is 11.9. The van der Waals surface area contributed by atoms with Crippen molar-refractivity contribution in [3.63, 3.8) is 0 Å². The zero-order valence-corrected chi connectivity index (χ0v) is 11.0. The third kappa shape index (κ3) is 3.48. The molecule has 90 valence electrons. The van der Waals surface area contributed by atoms with Crippen LogP contribution in [0, 0.1) is 12.8 Å². The van der Waals surface area contributed by atoms with E-state index >= 15 is 0 Å². The quantitative estimate of drug-likeness (QED) is 0.849. The number of aryl methyl sites for hydroxylation is 1. The Kier molecular flexibility index (Phi) is 4.29. The van der Waals surface area contributed by atoms with E-state index in [0.717, 1.165) is 6.42 Å². The number of amides is 1. The molecule has 4 nitrogen and oxygen atoms in total. The normalized spacial score (nSPS) is 12.8. The van der Waals surface area contributed by atoms with E-state index in [0.29, 0.717) is 21.6 Å². The first kappa shape index (κ1) is 13.0. The third-order valence-electron chi connectivity index (χ3n) is 2.22. The minimum Gasteiger partial charge on any atom is -0.375 e. The highest BCUT2D eigenvalue weighted by molar-refractivity contribution is 7.17. The Morgan fingerprint density at radius 2 is 2.12 bits per heavy atom. The van der Waals surface area contributed by atoms with Gasteiger partial charge >= 0.3 is 0 Å². The van der Waals surface area contributed by atoms with E-state index in [4.69, 9.17) is 5.73 Å². The van der Waals surface area contributed by atoms with Crippen LogP contribution in [0.1, 0.15) is 42.6 Å². The molecule has 0 aromatic carbocycles. The fraction of sp³-hybridized carbons (Fsp3) is 0.636. The second-order valence-electron chi connectivity index (χ2n) is 4.47. The number of carbonyl (C=O) groups excluding carboxylic acids is 1. The highest BCUT2D eigenvalue weighted by Crippen LogP contribution is 2.19. The number of nitrogens with one attached hydrogen (secondary N) is 1. The van der Waals surface area contributed by atoms with Gasteiger partial charge in [0.2, 0.25) is 0 Å². The first-order chi connectivity index (χ1) is 7.40. The van der Waals surface area contributed by atoms with Crippen LogP contribution in [-0.2, 0) is 0 Å². The average Bonchev–Trinajstić information content (AvgIpc) is 2.43. The van der Waals surface area contributed by atoms with Gasteiger partial charge in [-0.15, -0.1) is 0 Å². The first-order valence-corrected chi connectivity index (χ1v) is 6.25. The number of carbonyl (C=O) groups is 1. The number of rotatable bonds is 4. The van der Waals surface area contributed by atoms with Crippen molar-refractivity contribution in [2.45, 2.75) is 40.2 Å². The highest BCUT2D eigenvalue weighted by atomic mass is 32.1. The van der Waals surface area contributed by atoms with Crippen LogP contribution in [0.25, 0.3) is 0 Å². The van der Waals surface area contributed by atoms with Gasteiger partial charge in [0.25, 0.3) is 5.91 Å². The van der Waals surface area contributed by atoms with Crippen molar-refractivity contribution in [1.82, 2.24) is 10.3 Å². The van der Waals surface area contributed by atoms with Crippen molar-refractivity contribution in [3.05, 3.63) is 10.6 Å². The largest absolute Gasteiger partial charge is 0.375 e. The number of nitrogen functional groups attached to an aromatic ring is 1. The van der Waals surface area contributed by atoms with Gasteiger partial charge in [-0.2, -0.15) is 0 Å². The summed E-state index contributed by atoms with van der Waals surface area (Å²) in [5, 5.41) is 3.40. The van der Waals surface area contributed by atoms with Crippen molar-refractivity contribution < 1.29 is 4.79 Å². The van der Waals surface area contributed by atoms with Crippen molar-refractivity contribution in [1.29, 1.82) is 0 Å². The minimum absolute atomic E-state index is 0.0696. The summed E-state index contributed by atoms with van der Waals surface area (Å²) in [6.45, 7) is 8.09. The molecular formula is C11H19N3OS. The van der Waals surface area contributed by atoms with E-state index in [2.05, 4.69) is 24.1 Å². The molecule has 0 spiro atoms. The van der Waals surface area contributed by atoms with Crippen LogP contribution in [0.5, 0.6) is 0 Å². The summed E-state index contributed by atoms with van der Waals surface area (Å²) in [7, 11) is 0. The van der Waals surface area contributed by atoms with Gasteiger partial charge in [-0.25, -0.2) is 4.98 Å². The van der Waals surface area contributed by atoms with E-state index < -0.39 is 0 Å². The summed E-state index contributed by atoms with van der Waals surface area (Å²) in [5.41, 5.74) is 6.26. The molecule has 0 saturated carbocycles. The number of anilines is 1. The minimum atomic E-state index is -0.0696. The van der Waals surface area contributed by atoms with Crippen LogP contribution in [0.3, 0.4) is 0 Å². The van der Waals surface area contributed by atoms with Gasteiger partial charge in [0.15, 0.2) is 5.13 Å². The molecule has 0 fully saturated rings. The van der Waals surface area contributed by atoms with E-state index in [1.165, 1.54) is 11.3 Å². The first-order valence-electron chi connectivity index (χ1n) is 5.44. The lowest BCUT2D eigenvalue weighted by molar-refractivity contribution is 0.0939. The number of hydrogen-bond donors (Lipinski definition) is 2. The molecule has 0 saturated heterocycles. The Hall–Kier alpha value is -1.10. The van der Waals surface area contributed by atoms with Crippen LogP contribution >= 0.6 is 11.3 Å². The summed E-state index contributed by atoms with van der Waals surface area (Å²) in [5.74, 6) is 0.503. The Bertz CT molecular complexity index is 373. The monoisotopic (exact) mass is 241 g/mol. The molecule has 0 bridgehead atoms. The van der Waals surface area contributed by atoms with Crippen molar-refractivity contribution in [2.75, 3.05) is 5.73 Å². The Morgan fingerprint density at radius 3 is 2.56 bits per heavy atom. The van der Waals surface area contributed by atoms with Gasteiger partial charge in [0.1, 0.15) is 4.88 Å². The van der Waals surface area contributed by atoms with Crippen LogP contribution < -0.4 is 11.1 Å². The number of aromatic nitrogens is 1. The molecule has 5 heteroatoms. The van der Waals surface area contributed by atoms with Gasteiger partial charge in [-0.1, -0.05) is 25.2 Å². The van der Waals surface area contributed by atoms with E-state index in [-0.39, 0.29) is 11.9 Å². The average molecular weight is 241 g/mol. The third-order valence-corrected chi connectivity index (χ3v) is 3.21. The summed E-state index contributed by atoms with van der Waals surface area (Å²) >= 11 is 1.24. The molecule has 1 aromatic heterocycles. The molecular weight excluding hydrogens is 222 g/mol. The fourth-order valence-corrected chi connectivity index (χ4v) is 2.42. The Morgan fingerprint density at radius 1 is 1.50 bits per heavy atom. The number of hydrogen-bond acceptors (Lipinski definition) is 4. The predicted octanol–water partition coefficient (Wildman–Crippen LogP) is 2.20. The maximum Gasteiger partial charge on any atom is 0.263 e. The van der Waals surface area contributed by atoms with Crippen LogP contribution in [0.15, 0.2) is 0 Å². The van der Waals surface area contributed by atoms with Gasteiger partial charge in [-0.05, 0) is 26.2 Å². The number of thiazole rings is 1. The summed E-state index contributed by atoms with van der Waals surface area (Å²) < 4.78 is 0. The Balaban J connectivity index is 2.62. The molecule has 3 N–H and O–H groups in total. The van der Waals surface area contributed by atoms with E-state index in [1.807, 2.05) is 6.92 Å². The summed E-state index contributed by atoms with van der Waals surface area (Å²) in [4.78, 5) is 16.5. The standard InChI is InChI=1S/C11H19N3OS/c1-6(2)5-7(3)13-10(15)9-8(4)14-11(12)16-9/h6-7H,5H2,1-4H3,(H2,12,14)(H,13,15). The van der Waals surface area contributed by atoms with Gasteiger partial charge in [0.05, 0.1) is 5.69 Å². The molecule has 0 aliphatic rings. The SMILES string of the molecule is Cc1nc(N)sc1C(=O)NC(C)CC(C)C. The van der Waals surface area contributed by atoms with Gasteiger partial charge < -0.3 is 11.1 Å². The van der Waals surface area contributed by atoms with Crippen molar-refractivity contribution in [2.24, 2.45) is 5.92 Å². The lowest BCUT2D eigenvalue weighted by Gasteiger charge is -2.15. The zero-order chi connectivity index (χ0) is 12.3. The maximum atomic E-state index is 11.9. The van der Waals surface area contributed by atoms with Crippen molar-refractivity contribution >= 4 is 22.4 Å². The van der Waals surface area contributed by atoms with Crippen LogP contribution in [0.2, 0.25) is 0 Å².